The monoisotopic (exact) mass is 281 g/mol. The smallest absolute Gasteiger partial charge is 0.267 e. The number of nitrogens with zero attached hydrogens (tertiary/aromatic N) is 3. The van der Waals surface area contributed by atoms with Crippen LogP contribution in [-0.4, -0.2) is 15.1 Å². The predicted molar refractivity (Wildman–Crippen MR) is 77.8 cm³/mol. The van der Waals surface area contributed by atoms with E-state index >= 15 is 0 Å². The second-order valence-electron chi connectivity index (χ2n) is 4.77. The van der Waals surface area contributed by atoms with E-state index in [1.165, 1.54) is 0 Å². The highest BCUT2D eigenvalue weighted by atomic mass is 16.5. The molecule has 0 aliphatic heterocycles. The van der Waals surface area contributed by atoms with Crippen LogP contribution in [0, 0.1) is 6.92 Å². The van der Waals surface area contributed by atoms with Crippen molar-refractivity contribution < 1.29 is 9.26 Å². The fourth-order valence-electron chi connectivity index (χ4n) is 1.96. The van der Waals surface area contributed by atoms with Crippen molar-refractivity contribution in [2.45, 2.75) is 20.0 Å². The maximum absolute atomic E-state index is 5.82. The Morgan fingerprint density at radius 2 is 2.10 bits per heavy atom. The molecule has 5 heteroatoms. The Bertz CT molecular complexity index is 725. The predicted octanol–water partition coefficient (Wildman–Crippen LogP) is 3.58. The van der Waals surface area contributed by atoms with E-state index in [9.17, 15) is 0 Å². The third kappa shape index (κ3) is 3.08. The van der Waals surface area contributed by atoms with Crippen LogP contribution in [0.4, 0.5) is 0 Å². The first-order valence-electron chi connectivity index (χ1n) is 6.70. The van der Waals surface area contributed by atoms with Gasteiger partial charge < -0.3 is 9.26 Å². The molecule has 5 nitrogen and oxygen atoms in total. The average Bonchev–Trinajstić information content (AvgIpc) is 2.98. The zero-order valence-electron chi connectivity index (χ0n) is 11.9. The zero-order valence-corrected chi connectivity index (χ0v) is 11.9. The van der Waals surface area contributed by atoms with Crippen molar-refractivity contribution in [3.63, 3.8) is 0 Å². The average molecular weight is 281 g/mol. The van der Waals surface area contributed by atoms with Gasteiger partial charge in [0.15, 0.2) is 6.10 Å². The van der Waals surface area contributed by atoms with Crippen molar-refractivity contribution in [2.75, 3.05) is 0 Å². The molecule has 106 valence electrons. The number of benzene rings is 1. The molecule has 0 saturated carbocycles. The van der Waals surface area contributed by atoms with E-state index in [-0.39, 0.29) is 6.10 Å². The molecule has 2 aromatic heterocycles. The summed E-state index contributed by atoms with van der Waals surface area (Å²) in [7, 11) is 0. The Kier molecular flexibility index (Phi) is 3.64. The molecular formula is C16H15N3O2. The first-order valence-corrected chi connectivity index (χ1v) is 6.70. The molecule has 0 saturated heterocycles. The Hall–Kier alpha value is -2.69. The van der Waals surface area contributed by atoms with Gasteiger partial charge >= 0.3 is 0 Å². The summed E-state index contributed by atoms with van der Waals surface area (Å²) >= 11 is 0. The molecule has 21 heavy (non-hydrogen) atoms. The summed E-state index contributed by atoms with van der Waals surface area (Å²) in [5.41, 5.74) is 1.96. The summed E-state index contributed by atoms with van der Waals surface area (Å²) in [6.07, 6.45) is 3.08. The maximum Gasteiger partial charge on any atom is 0.267 e. The minimum absolute atomic E-state index is 0.315. The van der Waals surface area contributed by atoms with Gasteiger partial charge in [0.05, 0.1) is 0 Å². The molecule has 0 radical (unpaired) electrons. The van der Waals surface area contributed by atoms with Gasteiger partial charge in [0.2, 0.25) is 5.82 Å². The second-order valence-corrected chi connectivity index (χ2v) is 4.77. The molecule has 0 aliphatic carbocycles. The summed E-state index contributed by atoms with van der Waals surface area (Å²) in [5, 5.41) is 3.96. The van der Waals surface area contributed by atoms with Gasteiger partial charge in [-0.05, 0) is 43.7 Å². The van der Waals surface area contributed by atoms with Gasteiger partial charge in [-0.15, -0.1) is 0 Å². The summed E-state index contributed by atoms with van der Waals surface area (Å²) in [5.74, 6) is 1.73. The topological polar surface area (TPSA) is 61.0 Å². The summed E-state index contributed by atoms with van der Waals surface area (Å²) < 4.78 is 11.1. The van der Waals surface area contributed by atoms with Crippen LogP contribution in [-0.2, 0) is 0 Å². The number of ether oxygens (including phenoxy) is 1. The van der Waals surface area contributed by atoms with E-state index in [0.717, 1.165) is 16.9 Å². The van der Waals surface area contributed by atoms with Gasteiger partial charge in [-0.2, -0.15) is 4.98 Å². The van der Waals surface area contributed by atoms with Crippen molar-refractivity contribution in [1.82, 2.24) is 15.1 Å². The molecule has 0 amide bonds. The van der Waals surface area contributed by atoms with Gasteiger partial charge in [0.1, 0.15) is 5.75 Å². The van der Waals surface area contributed by atoms with Crippen molar-refractivity contribution in [1.29, 1.82) is 0 Å². The molecule has 0 aliphatic rings. The molecule has 3 aromatic rings. The quantitative estimate of drug-likeness (QED) is 0.731. The Morgan fingerprint density at radius 3 is 2.86 bits per heavy atom. The zero-order chi connectivity index (χ0) is 14.7. The summed E-state index contributed by atoms with van der Waals surface area (Å²) in [6, 6.07) is 11.6. The number of rotatable bonds is 4. The largest absolute Gasteiger partial charge is 0.481 e. The van der Waals surface area contributed by atoms with Gasteiger partial charge in [0, 0.05) is 18.0 Å². The molecule has 0 bridgehead atoms. The van der Waals surface area contributed by atoms with E-state index in [2.05, 4.69) is 15.1 Å². The lowest BCUT2D eigenvalue weighted by Crippen LogP contribution is -2.03. The van der Waals surface area contributed by atoms with E-state index < -0.39 is 0 Å². The van der Waals surface area contributed by atoms with Crippen LogP contribution in [0.25, 0.3) is 11.4 Å². The van der Waals surface area contributed by atoms with E-state index in [4.69, 9.17) is 9.26 Å². The minimum atomic E-state index is -0.315. The lowest BCUT2D eigenvalue weighted by molar-refractivity contribution is 0.175. The molecule has 1 aromatic carbocycles. The molecule has 0 spiro atoms. The molecular weight excluding hydrogens is 266 g/mol. The van der Waals surface area contributed by atoms with Crippen molar-refractivity contribution in [3.05, 3.63) is 60.2 Å². The number of aromatic nitrogens is 3. The van der Waals surface area contributed by atoms with Crippen LogP contribution in [0.3, 0.4) is 0 Å². The molecule has 0 N–H and O–H groups in total. The van der Waals surface area contributed by atoms with E-state index in [1.807, 2.05) is 50.2 Å². The fraction of sp³-hybridized carbons (Fsp3) is 0.188. The maximum atomic E-state index is 5.82. The second kappa shape index (κ2) is 5.75. The third-order valence-corrected chi connectivity index (χ3v) is 3.01. The highest BCUT2D eigenvalue weighted by Gasteiger charge is 2.16. The lowest BCUT2D eigenvalue weighted by Gasteiger charge is -2.10. The van der Waals surface area contributed by atoms with Crippen LogP contribution in [0.15, 0.2) is 53.3 Å². The standard InChI is InChI=1S/C16H15N3O2/c1-11-5-3-7-14(9-11)20-12(2)16-18-15(19-21-16)13-6-4-8-17-10-13/h3-10,12H,1-2H3/t12-/m1/s1. The van der Waals surface area contributed by atoms with Crippen molar-refractivity contribution in [3.8, 4) is 17.1 Å². The normalized spacial score (nSPS) is 12.1. The van der Waals surface area contributed by atoms with Gasteiger partial charge in [0.25, 0.3) is 5.89 Å². The Balaban J connectivity index is 1.77. The van der Waals surface area contributed by atoms with Crippen molar-refractivity contribution >= 4 is 0 Å². The van der Waals surface area contributed by atoms with Crippen LogP contribution >= 0.6 is 0 Å². The molecule has 2 heterocycles. The number of aryl methyl sites for hydroxylation is 1. The van der Waals surface area contributed by atoms with Crippen LogP contribution in [0.5, 0.6) is 5.75 Å². The molecule has 0 fully saturated rings. The highest BCUT2D eigenvalue weighted by molar-refractivity contribution is 5.51. The minimum Gasteiger partial charge on any atom is -0.481 e. The third-order valence-electron chi connectivity index (χ3n) is 3.01. The van der Waals surface area contributed by atoms with E-state index in [1.54, 1.807) is 12.4 Å². The first kappa shape index (κ1) is 13.3. The number of hydrogen-bond donors (Lipinski definition) is 0. The van der Waals surface area contributed by atoms with Gasteiger partial charge in [-0.3, -0.25) is 4.98 Å². The van der Waals surface area contributed by atoms with Gasteiger partial charge in [-0.1, -0.05) is 17.3 Å². The summed E-state index contributed by atoms with van der Waals surface area (Å²) in [4.78, 5) is 8.40. The summed E-state index contributed by atoms with van der Waals surface area (Å²) in [6.45, 7) is 3.90. The molecule has 3 rings (SSSR count). The fourth-order valence-corrected chi connectivity index (χ4v) is 1.96. The first-order chi connectivity index (χ1) is 10.2. The van der Waals surface area contributed by atoms with Crippen LogP contribution < -0.4 is 4.74 Å². The Morgan fingerprint density at radius 1 is 1.19 bits per heavy atom. The van der Waals surface area contributed by atoms with Crippen molar-refractivity contribution in [2.24, 2.45) is 0 Å². The van der Waals surface area contributed by atoms with Crippen LogP contribution in [0.2, 0.25) is 0 Å². The highest BCUT2D eigenvalue weighted by Crippen LogP contribution is 2.23. The van der Waals surface area contributed by atoms with Crippen LogP contribution in [0.1, 0.15) is 24.5 Å². The molecule has 0 unspecified atom stereocenters. The van der Waals surface area contributed by atoms with Gasteiger partial charge in [-0.25, -0.2) is 0 Å². The number of pyridine rings is 1. The lowest BCUT2D eigenvalue weighted by atomic mass is 10.2. The molecule has 1 atom stereocenters. The number of hydrogen-bond acceptors (Lipinski definition) is 5. The SMILES string of the molecule is Cc1cccc(O[C@H](C)c2nc(-c3cccnc3)no2)c1. The Labute approximate surface area is 122 Å². The van der Waals surface area contributed by atoms with E-state index in [0.29, 0.717) is 11.7 Å².